The largest absolute Gasteiger partial charge is 0.487 e. The maximum atomic E-state index is 10.4. The first-order valence-corrected chi connectivity index (χ1v) is 7.86. The fourth-order valence-electron chi connectivity index (χ4n) is 3.90. The number of ether oxygens (including phenoxy) is 1. The smallest absolute Gasteiger partial charge is 0.125 e. The van der Waals surface area contributed by atoms with Gasteiger partial charge >= 0.3 is 0 Å². The van der Waals surface area contributed by atoms with E-state index in [0.29, 0.717) is 5.41 Å². The zero-order valence-electron chi connectivity index (χ0n) is 12.9. The van der Waals surface area contributed by atoms with Gasteiger partial charge in [-0.15, -0.1) is 0 Å². The minimum absolute atomic E-state index is 0.129. The number of hydrogen-bond donors (Lipinski definition) is 1. The van der Waals surface area contributed by atoms with Gasteiger partial charge in [0.05, 0.1) is 6.10 Å². The summed E-state index contributed by atoms with van der Waals surface area (Å²) in [4.78, 5) is 0. The Bertz CT molecular complexity index is 478. The summed E-state index contributed by atoms with van der Waals surface area (Å²) in [6.07, 6.45) is 4.93. The van der Waals surface area contributed by atoms with Crippen molar-refractivity contribution in [3.63, 3.8) is 0 Å². The molecule has 1 aromatic rings. The highest BCUT2D eigenvalue weighted by atomic mass is 16.5. The Kier molecular flexibility index (Phi) is 3.32. The number of para-hydroxylation sites is 1. The molecule has 0 bridgehead atoms. The van der Waals surface area contributed by atoms with Crippen molar-refractivity contribution < 1.29 is 9.84 Å². The van der Waals surface area contributed by atoms with E-state index < -0.39 is 0 Å². The predicted octanol–water partition coefficient (Wildman–Crippen LogP) is 4.48. The van der Waals surface area contributed by atoms with E-state index in [1.807, 2.05) is 24.3 Å². The first kappa shape index (κ1) is 13.9. The molecule has 110 valence electrons. The van der Waals surface area contributed by atoms with Crippen LogP contribution in [0.25, 0.3) is 0 Å². The Balaban J connectivity index is 1.77. The third-order valence-electron chi connectivity index (χ3n) is 5.29. The number of aliphatic hydroxyl groups is 1. The molecule has 0 amide bonds. The molecule has 0 unspecified atom stereocenters. The molecule has 0 aromatic heterocycles. The monoisotopic (exact) mass is 274 g/mol. The van der Waals surface area contributed by atoms with Gasteiger partial charge in [0.25, 0.3) is 0 Å². The van der Waals surface area contributed by atoms with Crippen LogP contribution >= 0.6 is 0 Å². The summed E-state index contributed by atoms with van der Waals surface area (Å²) in [6.45, 7) is 7.00. The quantitative estimate of drug-likeness (QED) is 0.756. The van der Waals surface area contributed by atoms with Crippen LogP contribution in [0, 0.1) is 11.3 Å². The summed E-state index contributed by atoms with van der Waals surface area (Å²) in [7, 11) is 0. The summed E-state index contributed by atoms with van der Waals surface area (Å²) in [5, 5.41) is 10.4. The van der Waals surface area contributed by atoms with Crippen LogP contribution in [0.3, 0.4) is 0 Å². The average Bonchev–Trinajstić information content (AvgIpc) is 2.38. The van der Waals surface area contributed by atoms with Gasteiger partial charge < -0.3 is 9.84 Å². The Labute approximate surface area is 122 Å². The van der Waals surface area contributed by atoms with Crippen LogP contribution in [0.5, 0.6) is 5.75 Å². The molecule has 1 aliphatic heterocycles. The van der Waals surface area contributed by atoms with E-state index in [9.17, 15) is 5.11 Å². The average molecular weight is 274 g/mol. The Morgan fingerprint density at radius 3 is 2.45 bits per heavy atom. The number of fused-ring (bicyclic) bond motifs is 1. The Morgan fingerprint density at radius 1 is 1.15 bits per heavy atom. The SMILES string of the molecule is CC(C)(C)C1CCC2(CC1)C[C@H](O)c1ccccc1O2. The topological polar surface area (TPSA) is 29.5 Å². The van der Waals surface area contributed by atoms with Gasteiger partial charge in [0, 0.05) is 12.0 Å². The molecule has 1 spiro atoms. The van der Waals surface area contributed by atoms with Gasteiger partial charge in [-0.2, -0.15) is 0 Å². The lowest BCUT2D eigenvalue weighted by molar-refractivity contribution is -0.0563. The van der Waals surface area contributed by atoms with E-state index in [1.165, 1.54) is 12.8 Å². The third-order valence-corrected chi connectivity index (χ3v) is 5.29. The number of benzene rings is 1. The van der Waals surface area contributed by atoms with Crippen LogP contribution in [-0.2, 0) is 0 Å². The molecule has 1 N–H and O–H groups in total. The van der Waals surface area contributed by atoms with Crippen LogP contribution < -0.4 is 4.74 Å². The standard InChI is InChI=1S/C18H26O2/c1-17(2,3)13-8-10-18(11-9-13)12-15(19)14-6-4-5-7-16(14)20-18/h4-7,13,15,19H,8-12H2,1-3H3/t13?,15-,18?/m0/s1. The Hall–Kier alpha value is -1.02. The summed E-state index contributed by atoms with van der Waals surface area (Å²) in [5.41, 5.74) is 1.21. The van der Waals surface area contributed by atoms with E-state index in [4.69, 9.17) is 4.74 Å². The van der Waals surface area contributed by atoms with Crippen LogP contribution in [-0.4, -0.2) is 10.7 Å². The molecular formula is C18H26O2. The number of rotatable bonds is 0. The fourth-order valence-corrected chi connectivity index (χ4v) is 3.90. The maximum Gasteiger partial charge on any atom is 0.125 e. The summed E-state index contributed by atoms with van der Waals surface area (Å²) >= 11 is 0. The van der Waals surface area contributed by atoms with Gasteiger partial charge in [-0.1, -0.05) is 39.0 Å². The van der Waals surface area contributed by atoms with E-state index in [-0.39, 0.29) is 11.7 Å². The fraction of sp³-hybridized carbons (Fsp3) is 0.667. The van der Waals surface area contributed by atoms with Gasteiger partial charge in [-0.05, 0) is 43.1 Å². The highest BCUT2D eigenvalue weighted by molar-refractivity contribution is 5.38. The van der Waals surface area contributed by atoms with E-state index >= 15 is 0 Å². The van der Waals surface area contributed by atoms with Crippen molar-refractivity contribution in [2.45, 2.75) is 64.6 Å². The molecule has 2 aliphatic rings. The van der Waals surface area contributed by atoms with Crippen molar-refractivity contribution in [3.8, 4) is 5.75 Å². The highest BCUT2D eigenvalue weighted by Crippen LogP contribution is 2.49. The van der Waals surface area contributed by atoms with Crippen LogP contribution in [0.15, 0.2) is 24.3 Å². The van der Waals surface area contributed by atoms with Crippen molar-refractivity contribution in [3.05, 3.63) is 29.8 Å². The maximum absolute atomic E-state index is 10.4. The number of hydrogen-bond acceptors (Lipinski definition) is 2. The van der Waals surface area contributed by atoms with Crippen LogP contribution in [0.4, 0.5) is 0 Å². The van der Waals surface area contributed by atoms with Gasteiger partial charge in [-0.3, -0.25) is 0 Å². The zero-order valence-corrected chi connectivity index (χ0v) is 12.9. The molecule has 0 saturated heterocycles. The van der Waals surface area contributed by atoms with Crippen molar-refractivity contribution in [1.29, 1.82) is 0 Å². The molecule has 2 nitrogen and oxygen atoms in total. The van der Waals surface area contributed by atoms with E-state index in [2.05, 4.69) is 20.8 Å². The molecule has 0 radical (unpaired) electrons. The lowest BCUT2D eigenvalue weighted by Crippen LogP contribution is -2.45. The van der Waals surface area contributed by atoms with Crippen molar-refractivity contribution in [2.24, 2.45) is 11.3 Å². The normalized spacial score (nSPS) is 33.6. The molecular weight excluding hydrogens is 248 g/mol. The minimum Gasteiger partial charge on any atom is -0.487 e. The minimum atomic E-state index is -0.369. The van der Waals surface area contributed by atoms with E-state index in [0.717, 1.165) is 36.5 Å². The van der Waals surface area contributed by atoms with Crippen molar-refractivity contribution >= 4 is 0 Å². The lowest BCUT2D eigenvalue weighted by Gasteiger charge is -2.47. The van der Waals surface area contributed by atoms with Crippen LogP contribution in [0.1, 0.15) is 64.5 Å². The second-order valence-electron chi connectivity index (χ2n) is 7.68. The van der Waals surface area contributed by atoms with Gasteiger partial charge in [0.1, 0.15) is 11.4 Å². The zero-order chi connectivity index (χ0) is 14.4. The second-order valence-corrected chi connectivity index (χ2v) is 7.68. The van der Waals surface area contributed by atoms with Gasteiger partial charge in [-0.25, -0.2) is 0 Å². The van der Waals surface area contributed by atoms with Crippen molar-refractivity contribution in [2.75, 3.05) is 0 Å². The number of aliphatic hydroxyl groups excluding tert-OH is 1. The van der Waals surface area contributed by atoms with E-state index in [1.54, 1.807) is 0 Å². The Morgan fingerprint density at radius 2 is 1.80 bits per heavy atom. The second kappa shape index (κ2) is 4.77. The molecule has 1 saturated carbocycles. The molecule has 3 rings (SSSR count). The first-order valence-electron chi connectivity index (χ1n) is 7.86. The molecule has 20 heavy (non-hydrogen) atoms. The molecule has 1 heterocycles. The molecule has 1 fully saturated rings. The lowest BCUT2D eigenvalue weighted by atomic mass is 9.66. The van der Waals surface area contributed by atoms with Gasteiger partial charge in [0.2, 0.25) is 0 Å². The highest BCUT2D eigenvalue weighted by Gasteiger charge is 2.44. The summed E-state index contributed by atoms with van der Waals surface area (Å²) in [5.74, 6) is 1.66. The molecule has 1 atom stereocenters. The predicted molar refractivity (Wildman–Crippen MR) is 80.8 cm³/mol. The summed E-state index contributed by atoms with van der Waals surface area (Å²) < 4.78 is 6.33. The molecule has 2 heteroatoms. The summed E-state index contributed by atoms with van der Waals surface area (Å²) in [6, 6.07) is 7.94. The first-order chi connectivity index (χ1) is 9.40. The molecule has 1 aromatic carbocycles. The van der Waals surface area contributed by atoms with Gasteiger partial charge in [0.15, 0.2) is 0 Å². The van der Waals surface area contributed by atoms with Crippen LogP contribution in [0.2, 0.25) is 0 Å². The third kappa shape index (κ3) is 2.46. The van der Waals surface area contributed by atoms with Crippen molar-refractivity contribution in [1.82, 2.24) is 0 Å². The molecule has 1 aliphatic carbocycles.